The van der Waals surface area contributed by atoms with Crippen LogP contribution < -0.4 is 16.4 Å². The minimum Gasteiger partial charge on any atom is -0.400 e. The molecule has 0 atom stereocenters. The van der Waals surface area contributed by atoms with Crippen LogP contribution in [0.1, 0.15) is 43.0 Å². The summed E-state index contributed by atoms with van der Waals surface area (Å²) < 4.78 is 2.07. The van der Waals surface area contributed by atoms with Crippen LogP contribution in [-0.2, 0) is 6.54 Å². The first-order valence-electron chi connectivity index (χ1n) is 9.61. The largest absolute Gasteiger partial charge is 0.400 e. The van der Waals surface area contributed by atoms with E-state index in [-0.39, 0.29) is 5.78 Å². The molecule has 0 saturated heterocycles. The van der Waals surface area contributed by atoms with Gasteiger partial charge in [0.15, 0.2) is 5.78 Å². The van der Waals surface area contributed by atoms with Crippen LogP contribution in [0, 0.1) is 5.41 Å². The molecule has 144 valence electrons. The number of hydrogen-bond acceptors (Lipinski definition) is 4. The van der Waals surface area contributed by atoms with Gasteiger partial charge in [-0.05, 0) is 25.8 Å². The predicted molar refractivity (Wildman–Crippen MR) is 113 cm³/mol. The number of ketones is 1. The number of nitrogens with one attached hydrogen (secondary N) is 1. The molecule has 0 unspecified atom stereocenters. The number of hydrogen-bond donors (Lipinski definition) is 2. The summed E-state index contributed by atoms with van der Waals surface area (Å²) in [5, 5.41) is 9.85. The third-order valence-corrected chi connectivity index (χ3v) is 4.79. The van der Waals surface area contributed by atoms with Gasteiger partial charge in [0.25, 0.3) is 0 Å². The van der Waals surface area contributed by atoms with Gasteiger partial charge < -0.3 is 15.7 Å². The number of aryl methyl sites for hydroxylation is 1. The molecule has 1 aliphatic rings. The van der Waals surface area contributed by atoms with Gasteiger partial charge in [-0.3, -0.25) is 4.79 Å². The van der Waals surface area contributed by atoms with Crippen LogP contribution in [0.4, 0.5) is 0 Å². The van der Waals surface area contributed by atoms with Crippen molar-refractivity contribution < 1.29 is 4.79 Å². The first kappa shape index (κ1) is 19.5. The monoisotopic (exact) mass is 374 g/mol. The van der Waals surface area contributed by atoms with Crippen LogP contribution in [0.5, 0.6) is 0 Å². The first-order valence-corrected chi connectivity index (χ1v) is 9.61. The molecule has 0 fully saturated rings. The van der Waals surface area contributed by atoms with E-state index < -0.39 is 0 Å². The van der Waals surface area contributed by atoms with E-state index in [2.05, 4.69) is 9.55 Å². The number of Topliss-reactive ketones (excluding diaryl/α,β-unsaturated/α-hetero) is 1. The molecule has 3 rings (SSSR count). The lowest BCUT2D eigenvalue weighted by Gasteiger charge is -2.08. The molecule has 3 N–H and O–H groups in total. The van der Waals surface area contributed by atoms with E-state index in [9.17, 15) is 4.79 Å². The molecule has 0 radical (unpaired) electrons. The second-order valence-corrected chi connectivity index (χ2v) is 6.96. The third kappa shape index (κ3) is 4.55. The lowest BCUT2D eigenvalue weighted by atomic mass is 10.0. The smallest absolute Gasteiger partial charge is 0.162 e. The summed E-state index contributed by atoms with van der Waals surface area (Å²) in [5.74, 6) is 0.197. The average molecular weight is 374 g/mol. The molecule has 0 aliphatic heterocycles. The number of rotatable bonds is 7. The highest BCUT2D eigenvalue weighted by molar-refractivity contribution is 6.26. The van der Waals surface area contributed by atoms with Gasteiger partial charge in [0.2, 0.25) is 0 Å². The molecule has 0 bridgehead atoms. The van der Waals surface area contributed by atoms with E-state index >= 15 is 0 Å². The number of carbonyl (C=O) groups excluding carboxylic acids is 1. The zero-order chi connectivity index (χ0) is 19.9. The fraction of sp³-hybridized carbons (Fsp3) is 0.261. The van der Waals surface area contributed by atoms with Crippen LogP contribution in [0.3, 0.4) is 0 Å². The van der Waals surface area contributed by atoms with Crippen molar-refractivity contribution in [3.05, 3.63) is 77.2 Å². The van der Waals surface area contributed by atoms with E-state index in [0.717, 1.165) is 47.6 Å². The van der Waals surface area contributed by atoms with E-state index in [1.165, 1.54) is 0 Å². The number of carbonyl (C=O) groups is 1. The van der Waals surface area contributed by atoms with E-state index in [1.807, 2.05) is 55.5 Å². The van der Waals surface area contributed by atoms with E-state index in [1.54, 1.807) is 12.4 Å². The second kappa shape index (κ2) is 9.13. The second-order valence-electron chi connectivity index (χ2n) is 6.96. The Morgan fingerprint density at radius 1 is 1.11 bits per heavy atom. The highest BCUT2D eigenvalue weighted by atomic mass is 16.1. The number of nitrogens with two attached hydrogens (primary N) is 1. The molecule has 1 aromatic heterocycles. The summed E-state index contributed by atoms with van der Waals surface area (Å²) in [6.07, 6.45) is 12.6. The molecule has 0 amide bonds. The molecule has 5 heteroatoms. The summed E-state index contributed by atoms with van der Waals surface area (Å²) in [5.41, 5.74) is 8.74. The van der Waals surface area contributed by atoms with Crippen LogP contribution in [-0.4, -0.2) is 21.0 Å². The predicted octanol–water partition coefficient (Wildman–Crippen LogP) is 2.71. The zero-order valence-corrected chi connectivity index (χ0v) is 16.2. The molecule has 0 spiro atoms. The topological polar surface area (TPSA) is 84.8 Å². The van der Waals surface area contributed by atoms with Gasteiger partial charge in [0.05, 0.1) is 17.4 Å². The number of benzene rings is 1. The number of unbranched alkanes of at least 4 members (excludes halogenated alkanes) is 2. The molecule has 28 heavy (non-hydrogen) atoms. The van der Waals surface area contributed by atoms with Gasteiger partial charge in [-0.2, -0.15) is 0 Å². The molecule has 5 nitrogen and oxygen atoms in total. The Morgan fingerprint density at radius 3 is 2.57 bits per heavy atom. The maximum absolute atomic E-state index is 12.2. The standard InChI is InChI=1S/C23H26N4O/c1-17(24)22-23(19-12-7-8-13-20(19)25)27(16-26-22)15-9-3-6-14-21(28)18-10-4-2-5-11-18/h2,4-5,7-8,10-13,16,25H,3,6,9,14-15,24H2,1H3/b22-17-,23-19+,25-20?. The van der Waals surface area contributed by atoms with Crippen LogP contribution in [0.25, 0.3) is 11.3 Å². The Kier molecular flexibility index (Phi) is 6.37. The zero-order valence-electron chi connectivity index (χ0n) is 16.2. The van der Waals surface area contributed by atoms with Gasteiger partial charge in [-0.25, -0.2) is 4.98 Å². The maximum Gasteiger partial charge on any atom is 0.162 e. The fourth-order valence-electron chi connectivity index (χ4n) is 3.33. The van der Waals surface area contributed by atoms with Gasteiger partial charge in [0, 0.05) is 29.8 Å². The Bertz CT molecular complexity index is 1040. The number of imidazole rings is 1. The molecule has 1 aliphatic carbocycles. The van der Waals surface area contributed by atoms with Crippen molar-refractivity contribution >= 4 is 22.8 Å². The Balaban J connectivity index is 1.66. The van der Waals surface area contributed by atoms with E-state index in [0.29, 0.717) is 17.8 Å². The van der Waals surface area contributed by atoms with Crippen molar-refractivity contribution in [2.45, 2.75) is 39.2 Å². The third-order valence-electron chi connectivity index (χ3n) is 4.79. The Hall–Kier alpha value is -3.21. The molecule has 0 saturated carbocycles. The lowest BCUT2D eigenvalue weighted by molar-refractivity contribution is 0.0979. The minimum atomic E-state index is 0.197. The summed E-state index contributed by atoms with van der Waals surface area (Å²) >= 11 is 0. The van der Waals surface area contributed by atoms with Crippen molar-refractivity contribution in [2.75, 3.05) is 0 Å². The van der Waals surface area contributed by atoms with Gasteiger partial charge >= 0.3 is 0 Å². The molecular weight excluding hydrogens is 348 g/mol. The highest BCUT2D eigenvalue weighted by Gasteiger charge is 2.10. The summed E-state index contributed by atoms with van der Waals surface area (Å²) in [7, 11) is 0. The quantitative estimate of drug-likeness (QED) is 0.577. The number of aromatic nitrogens is 2. The molecular formula is C23H26N4O. The average Bonchev–Trinajstić information content (AvgIpc) is 3.12. The first-order chi connectivity index (χ1) is 13.6. The summed E-state index contributed by atoms with van der Waals surface area (Å²) in [6.45, 7) is 2.61. The van der Waals surface area contributed by atoms with Crippen molar-refractivity contribution in [2.24, 2.45) is 5.73 Å². The number of nitrogens with zero attached hydrogens (tertiary/aromatic N) is 2. The van der Waals surface area contributed by atoms with Gasteiger partial charge in [0.1, 0.15) is 5.35 Å². The van der Waals surface area contributed by atoms with Crippen molar-refractivity contribution in [1.29, 1.82) is 5.41 Å². The van der Waals surface area contributed by atoms with E-state index in [4.69, 9.17) is 11.1 Å². The molecule has 2 aromatic rings. The van der Waals surface area contributed by atoms with Crippen LogP contribution >= 0.6 is 0 Å². The maximum atomic E-state index is 12.2. The summed E-state index contributed by atoms with van der Waals surface area (Å²) in [4.78, 5) is 16.6. The Morgan fingerprint density at radius 2 is 1.86 bits per heavy atom. The fourth-order valence-corrected chi connectivity index (χ4v) is 3.33. The molecule has 1 aromatic carbocycles. The number of allylic oxidation sites excluding steroid dienone is 4. The van der Waals surface area contributed by atoms with Gasteiger partial charge in [-0.1, -0.05) is 55.0 Å². The van der Waals surface area contributed by atoms with Crippen LogP contribution in [0.15, 0.2) is 61.0 Å². The SMILES string of the molecule is C/C(N)=c1/ncn(CCCCCC(=O)c2ccccc2)/c1=C1\C=CC=CC1=N. The lowest BCUT2D eigenvalue weighted by Crippen LogP contribution is -2.37. The van der Waals surface area contributed by atoms with Gasteiger partial charge in [-0.15, -0.1) is 0 Å². The minimum absolute atomic E-state index is 0.197. The summed E-state index contributed by atoms with van der Waals surface area (Å²) in [6, 6.07) is 9.44. The van der Waals surface area contributed by atoms with Crippen molar-refractivity contribution in [3.8, 4) is 0 Å². The van der Waals surface area contributed by atoms with Crippen molar-refractivity contribution in [1.82, 2.24) is 9.55 Å². The highest BCUT2D eigenvalue weighted by Crippen LogP contribution is 2.09. The van der Waals surface area contributed by atoms with Crippen LogP contribution in [0.2, 0.25) is 0 Å². The van der Waals surface area contributed by atoms with Crippen molar-refractivity contribution in [3.63, 3.8) is 0 Å². The molecule has 1 heterocycles. The normalized spacial score (nSPS) is 16.4. The Labute approximate surface area is 165 Å².